The smallest absolute Gasteiger partial charge is 0.343 e. The zero-order valence-corrected chi connectivity index (χ0v) is 14.2. The summed E-state index contributed by atoms with van der Waals surface area (Å²) in [4.78, 5) is 12.2. The average Bonchev–Trinajstić information content (AvgIpc) is 2.57. The molecule has 2 aromatic carbocycles. The molecule has 0 spiro atoms. The van der Waals surface area contributed by atoms with E-state index in [0.29, 0.717) is 5.56 Å². The lowest BCUT2D eigenvalue weighted by Crippen LogP contribution is -2.09. The van der Waals surface area contributed by atoms with Gasteiger partial charge in [-0.25, -0.2) is 4.79 Å². The van der Waals surface area contributed by atoms with Crippen LogP contribution >= 0.6 is 34.8 Å². The fraction of sp³-hybridized carbons (Fsp3) is 0. The molecule has 0 unspecified atom stereocenters. The van der Waals surface area contributed by atoms with Crippen molar-refractivity contribution in [1.82, 2.24) is 0 Å². The molecule has 0 amide bonds. The van der Waals surface area contributed by atoms with Gasteiger partial charge in [0.15, 0.2) is 5.75 Å². The third kappa shape index (κ3) is 4.28. The zero-order valence-electron chi connectivity index (χ0n) is 11.9. The Morgan fingerprint density at radius 3 is 2.33 bits per heavy atom. The second kappa shape index (κ2) is 7.86. The summed E-state index contributed by atoms with van der Waals surface area (Å²) >= 11 is 17.7. The number of halogens is 3. The van der Waals surface area contributed by atoms with E-state index in [1.807, 2.05) is 0 Å². The Balaban J connectivity index is 2.29. The minimum absolute atomic E-state index is 0.0757. The SMILES string of the molecule is N#CC(C#N)=Cc1cccc(C(=O)Oc2cc(Cl)c(Cl)cc2Cl)c1. The Bertz CT molecular complexity index is 908. The summed E-state index contributed by atoms with van der Waals surface area (Å²) in [5.41, 5.74) is 0.664. The molecule has 0 bridgehead atoms. The summed E-state index contributed by atoms with van der Waals surface area (Å²) in [6, 6.07) is 12.5. The number of hydrogen-bond acceptors (Lipinski definition) is 4. The predicted octanol–water partition coefficient (Wildman–Crippen LogP) is 5.30. The molecular formula is C17H7Cl3N2O2. The largest absolute Gasteiger partial charge is 0.421 e. The molecule has 0 aliphatic rings. The van der Waals surface area contributed by atoms with Gasteiger partial charge in [-0.2, -0.15) is 10.5 Å². The minimum Gasteiger partial charge on any atom is -0.421 e. The van der Waals surface area contributed by atoms with Crippen molar-refractivity contribution >= 4 is 46.8 Å². The predicted molar refractivity (Wildman–Crippen MR) is 92.1 cm³/mol. The molecule has 118 valence electrons. The van der Waals surface area contributed by atoms with Crippen LogP contribution in [-0.2, 0) is 0 Å². The first-order chi connectivity index (χ1) is 11.4. The first-order valence-corrected chi connectivity index (χ1v) is 7.56. The highest BCUT2D eigenvalue weighted by Crippen LogP contribution is 2.34. The van der Waals surface area contributed by atoms with Gasteiger partial charge < -0.3 is 4.74 Å². The summed E-state index contributed by atoms with van der Waals surface area (Å²) in [6.07, 6.45) is 1.36. The quantitative estimate of drug-likeness (QED) is 0.315. The van der Waals surface area contributed by atoms with Gasteiger partial charge in [-0.15, -0.1) is 0 Å². The van der Waals surface area contributed by atoms with Gasteiger partial charge in [-0.05, 0) is 29.8 Å². The van der Waals surface area contributed by atoms with Crippen molar-refractivity contribution in [3.8, 4) is 17.9 Å². The molecule has 2 rings (SSSR count). The summed E-state index contributed by atoms with van der Waals surface area (Å²) in [7, 11) is 0. The van der Waals surface area contributed by atoms with E-state index in [1.54, 1.807) is 24.3 Å². The van der Waals surface area contributed by atoms with Gasteiger partial charge in [0.25, 0.3) is 0 Å². The molecule has 0 aliphatic carbocycles. The van der Waals surface area contributed by atoms with Crippen LogP contribution in [-0.4, -0.2) is 5.97 Å². The molecule has 0 aliphatic heterocycles. The molecule has 0 fully saturated rings. The van der Waals surface area contributed by atoms with E-state index >= 15 is 0 Å². The first kappa shape index (κ1) is 17.8. The highest BCUT2D eigenvalue weighted by Gasteiger charge is 2.13. The van der Waals surface area contributed by atoms with Crippen LogP contribution in [0, 0.1) is 22.7 Å². The molecule has 0 N–H and O–H groups in total. The highest BCUT2D eigenvalue weighted by atomic mass is 35.5. The molecule has 7 heteroatoms. The van der Waals surface area contributed by atoms with Crippen molar-refractivity contribution in [1.29, 1.82) is 10.5 Å². The van der Waals surface area contributed by atoms with Crippen molar-refractivity contribution in [2.75, 3.05) is 0 Å². The van der Waals surface area contributed by atoms with Crippen LogP contribution in [0.3, 0.4) is 0 Å². The molecule has 4 nitrogen and oxygen atoms in total. The number of nitrogens with zero attached hydrogens (tertiary/aromatic N) is 2. The summed E-state index contributed by atoms with van der Waals surface area (Å²) < 4.78 is 5.22. The molecule has 0 saturated heterocycles. The van der Waals surface area contributed by atoms with Crippen molar-refractivity contribution in [3.05, 3.63) is 68.2 Å². The third-order valence-electron chi connectivity index (χ3n) is 2.85. The van der Waals surface area contributed by atoms with Crippen LogP contribution in [0.25, 0.3) is 6.08 Å². The molecule has 0 heterocycles. The Hall–Kier alpha value is -2.50. The van der Waals surface area contributed by atoms with Crippen molar-refractivity contribution in [3.63, 3.8) is 0 Å². The number of carbonyl (C=O) groups is 1. The first-order valence-electron chi connectivity index (χ1n) is 6.43. The Morgan fingerprint density at radius 1 is 1.00 bits per heavy atom. The molecule has 24 heavy (non-hydrogen) atoms. The van der Waals surface area contributed by atoms with E-state index in [2.05, 4.69) is 0 Å². The van der Waals surface area contributed by atoms with Gasteiger partial charge in [0.05, 0.1) is 20.6 Å². The molecule has 2 aromatic rings. The van der Waals surface area contributed by atoms with E-state index in [0.717, 1.165) is 0 Å². The Kier molecular flexibility index (Phi) is 5.84. The molecule has 0 radical (unpaired) electrons. The Morgan fingerprint density at radius 2 is 1.67 bits per heavy atom. The third-order valence-corrected chi connectivity index (χ3v) is 3.87. The number of nitriles is 2. The maximum atomic E-state index is 12.2. The van der Waals surface area contributed by atoms with Gasteiger partial charge in [-0.3, -0.25) is 0 Å². The van der Waals surface area contributed by atoms with Crippen molar-refractivity contribution in [2.24, 2.45) is 0 Å². The zero-order chi connectivity index (χ0) is 17.7. The normalized spacial score (nSPS) is 9.54. The highest BCUT2D eigenvalue weighted by molar-refractivity contribution is 6.43. The molecule has 0 atom stereocenters. The van der Waals surface area contributed by atoms with E-state index in [1.165, 1.54) is 30.3 Å². The maximum absolute atomic E-state index is 12.2. The van der Waals surface area contributed by atoms with E-state index in [9.17, 15) is 4.79 Å². The number of allylic oxidation sites excluding steroid dienone is 1. The fourth-order valence-corrected chi connectivity index (χ4v) is 2.33. The van der Waals surface area contributed by atoms with Gasteiger partial charge in [-0.1, -0.05) is 46.9 Å². The number of ether oxygens (including phenoxy) is 1. The second-order valence-corrected chi connectivity index (χ2v) is 5.71. The number of hydrogen-bond donors (Lipinski definition) is 0. The lowest BCUT2D eigenvalue weighted by atomic mass is 10.1. The van der Waals surface area contributed by atoms with Gasteiger partial charge in [0, 0.05) is 6.07 Å². The lowest BCUT2D eigenvalue weighted by molar-refractivity contribution is 0.0735. The van der Waals surface area contributed by atoms with Crippen LogP contribution in [0.15, 0.2) is 42.0 Å². The van der Waals surface area contributed by atoms with E-state index in [-0.39, 0.29) is 32.0 Å². The van der Waals surface area contributed by atoms with Crippen molar-refractivity contribution in [2.45, 2.75) is 0 Å². The second-order valence-electron chi connectivity index (χ2n) is 4.49. The average molecular weight is 378 g/mol. The van der Waals surface area contributed by atoms with Crippen LogP contribution in [0.4, 0.5) is 0 Å². The number of rotatable bonds is 3. The Labute approximate surface area is 153 Å². The number of benzene rings is 2. The fourth-order valence-electron chi connectivity index (χ4n) is 1.75. The van der Waals surface area contributed by atoms with E-state index < -0.39 is 5.97 Å². The van der Waals surface area contributed by atoms with Gasteiger partial charge in [0.2, 0.25) is 0 Å². The van der Waals surface area contributed by atoms with E-state index in [4.69, 9.17) is 50.1 Å². The lowest BCUT2D eigenvalue weighted by Gasteiger charge is -2.08. The van der Waals surface area contributed by atoms with Crippen LogP contribution < -0.4 is 4.74 Å². The maximum Gasteiger partial charge on any atom is 0.343 e. The summed E-state index contributed by atoms with van der Waals surface area (Å²) in [6.45, 7) is 0. The van der Waals surface area contributed by atoms with Crippen LogP contribution in [0.5, 0.6) is 5.75 Å². The van der Waals surface area contributed by atoms with Crippen LogP contribution in [0.2, 0.25) is 15.1 Å². The van der Waals surface area contributed by atoms with Gasteiger partial charge >= 0.3 is 5.97 Å². The standard InChI is InChI=1S/C17H7Cl3N2O2/c18-13-6-15(20)16(7-14(13)19)24-17(23)12-3-1-2-10(5-12)4-11(8-21)9-22/h1-7H. The van der Waals surface area contributed by atoms with Crippen LogP contribution in [0.1, 0.15) is 15.9 Å². The topological polar surface area (TPSA) is 73.9 Å². The number of esters is 1. The van der Waals surface area contributed by atoms with Gasteiger partial charge in [0.1, 0.15) is 17.7 Å². The van der Waals surface area contributed by atoms with Crippen molar-refractivity contribution < 1.29 is 9.53 Å². The summed E-state index contributed by atoms with van der Waals surface area (Å²) in [5, 5.41) is 18.1. The summed E-state index contributed by atoms with van der Waals surface area (Å²) in [5.74, 6) is -0.590. The monoisotopic (exact) mass is 376 g/mol. The molecule has 0 saturated carbocycles. The number of carbonyl (C=O) groups excluding carboxylic acids is 1. The molecule has 0 aromatic heterocycles. The molecular weight excluding hydrogens is 371 g/mol. The minimum atomic E-state index is -0.666.